The van der Waals surface area contributed by atoms with E-state index in [0.717, 1.165) is 31.2 Å². The third-order valence-corrected chi connectivity index (χ3v) is 4.38. The van der Waals surface area contributed by atoms with E-state index in [1.807, 2.05) is 30.3 Å². The number of rotatable bonds is 8. The molecule has 2 N–H and O–H groups in total. The highest BCUT2D eigenvalue weighted by molar-refractivity contribution is 6.13. The minimum atomic E-state index is -0.745. The number of nitrogens with one attached hydrogen (secondary N) is 1. The summed E-state index contributed by atoms with van der Waals surface area (Å²) in [6.07, 6.45) is 6.40. The van der Waals surface area contributed by atoms with Gasteiger partial charge in [-0.2, -0.15) is 0 Å². The second kappa shape index (κ2) is 11.9. The SMILES string of the molecule is CCC(=O)O.CCCCC(CC)CN1C(=O)NC(=O)C1=Cc1ccccc1. The second-order valence-electron chi connectivity index (χ2n) is 6.47. The Bertz CT molecular complexity index is 655. The van der Waals surface area contributed by atoms with Crippen molar-refractivity contribution in [3.05, 3.63) is 41.6 Å². The van der Waals surface area contributed by atoms with Gasteiger partial charge < -0.3 is 5.11 Å². The van der Waals surface area contributed by atoms with Crippen molar-refractivity contribution in [2.24, 2.45) is 5.92 Å². The van der Waals surface area contributed by atoms with Crippen molar-refractivity contribution in [2.45, 2.75) is 52.9 Å². The van der Waals surface area contributed by atoms with E-state index in [1.165, 1.54) is 0 Å². The second-order valence-corrected chi connectivity index (χ2v) is 6.47. The molecule has 1 saturated heterocycles. The lowest BCUT2D eigenvalue weighted by Gasteiger charge is -2.22. The van der Waals surface area contributed by atoms with E-state index >= 15 is 0 Å². The topological polar surface area (TPSA) is 86.7 Å². The minimum absolute atomic E-state index is 0.222. The molecular formula is C21H30N2O4. The van der Waals surface area contributed by atoms with Crippen LogP contribution in [0.2, 0.25) is 0 Å². The van der Waals surface area contributed by atoms with Crippen LogP contribution in [0.5, 0.6) is 0 Å². The summed E-state index contributed by atoms with van der Waals surface area (Å²) in [6, 6.07) is 9.31. The average molecular weight is 374 g/mol. The van der Waals surface area contributed by atoms with Crippen molar-refractivity contribution in [1.29, 1.82) is 0 Å². The van der Waals surface area contributed by atoms with Crippen molar-refractivity contribution in [3.63, 3.8) is 0 Å². The van der Waals surface area contributed by atoms with Crippen LogP contribution in [0.25, 0.3) is 6.08 Å². The van der Waals surface area contributed by atoms with E-state index in [2.05, 4.69) is 19.2 Å². The Morgan fingerprint density at radius 3 is 2.33 bits per heavy atom. The van der Waals surface area contributed by atoms with Crippen molar-refractivity contribution < 1.29 is 19.5 Å². The molecule has 1 heterocycles. The molecule has 1 aromatic carbocycles. The summed E-state index contributed by atoms with van der Waals surface area (Å²) >= 11 is 0. The monoisotopic (exact) mass is 374 g/mol. The van der Waals surface area contributed by atoms with E-state index in [9.17, 15) is 14.4 Å². The van der Waals surface area contributed by atoms with E-state index in [1.54, 1.807) is 17.9 Å². The van der Waals surface area contributed by atoms with Gasteiger partial charge in [0.1, 0.15) is 5.70 Å². The Morgan fingerprint density at radius 2 is 1.81 bits per heavy atom. The molecule has 0 aromatic heterocycles. The van der Waals surface area contributed by atoms with Crippen molar-refractivity contribution in [2.75, 3.05) is 6.54 Å². The predicted molar refractivity (Wildman–Crippen MR) is 106 cm³/mol. The van der Waals surface area contributed by atoms with Crippen LogP contribution in [0.3, 0.4) is 0 Å². The van der Waals surface area contributed by atoms with Crippen LogP contribution >= 0.6 is 0 Å². The fraction of sp³-hybridized carbons (Fsp3) is 0.476. The maximum atomic E-state index is 12.1. The maximum Gasteiger partial charge on any atom is 0.329 e. The number of benzene rings is 1. The van der Waals surface area contributed by atoms with Gasteiger partial charge in [0.15, 0.2) is 0 Å². The van der Waals surface area contributed by atoms with Gasteiger partial charge in [-0.3, -0.25) is 19.8 Å². The summed E-state index contributed by atoms with van der Waals surface area (Å²) < 4.78 is 0. The predicted octanol–water partition coefficient (Wildman–Crippen LogP) is 4.28. The number of unbranched alkanes of at least 4 members (excludes halogenated alkanes) is 1. The summed E-state index contributed by atoms with van der Waals surface area (Å²) in [5.41, 5.74) is 1.38. The Kier molecular flexibility index (Phi) is 9.86. The molecule has 6 nitrogen and oxygen atoms in total. The van der Waals surface area contributed by atoms with Gasteiger partial charge in [0.05, 0.1) is 0 Å². The fourth-order valence-corrected chi connectivity index (χ4v) is 2.67. The van der Waals surface area contributed by atoms with Crippen molar-refractivity contribution >= 4 is 24.0 Å². The summed E-state index contributed by atoms with van der Waals surface area (Å²) in [5.74, 6) is -0.625. The Balaban J connectivity index is 0.000000646. The highest BCUT2D eigenvalue weighted by atomic mass is 16.4. The molecule has 0 saturated carbocycles. The normalized spacial score (nSPS) is 16.0. The van der Waals surface area contributed by atoms with Crippen LogP contribution in [0.15, 0.2) is 36.0 Å². The van der Waals surface area contributed by atoms with Crippen molar-refractivity contribution in [1.82, 2.24) is 10.2 Å². The Morgan fingerprint density at radius 1 is 1.19 bits per heavy atom. The van der Waals surface area contributed by atoms with Gasteiger partial charge in [-0.25, -0.2) is 4.79 Å². The first-order valence-corrected chi connectivity index (χ1v) is 9.54. The highest BCUT2D eigenvalue weighted by Crippen LogP contribution is 2.22. The van der Waals surface area contributed by atoms with Crippen LogP contribution in [0.4, 0.5) is 4.79 Å². The van der Waals surface area contributed by atoms with Crippen LogP contribution in [0.1, 0.15) is 58.4 Å². The van der Waals surface area contributed by atoms with E-state index < -0.39 is 5.97 Å². The Hall–Kier alpha value is -2.63. The number of hydrogen-bond donors (Lipinski definition) is 2. The molecule has 0 aliphatic carbocycles. The third kappa shape index (κ3) is 7.64. The van der Waals surface area contributed by atoms with E-state index in [0.29, 0.717) is 18.2 Å². The first-order valence-electron chi connectivity index (χ1n) is 9.54. The fourth-order valence-electron chi connectivity index (χ4n) is 2.67. The number of carboxylic acid groups (broad SMARTS) is 1. The quantitative estimate of drug-likeness (QED) is 0.525. The molecule has 0 radical (unpaired) electrons. The molecule has 2 rings (SSSR count). The number of carboxylic acids is 1. The van der Waals surface area contributed by atoms with Crippen LogP contribution in [0, 0.1) is 5.92 Å². The number of imide groups is 1. The lowest BCUT2D eigenvalue weighted by molar-refractivity contribution is -0.136. The minimum Gasteiger partial charge on any atom is -0.481 e. The number of urea groups is 1. The van der Waals surface area contributed by atoms with Gasteiger partial charge in [0.25, 0.3) is 5.91 Å². The lowest BCUT2D eigenvalue weighted by atomic mass is 9.98. The maximum absolute atomic E-state index is 12.1. The van der Waals surface area contributed by atoms with Crippen LogP contribution < -0.4 is 5.32 Å². The molecule has 1 aromatic rings. The molecule has 6 heteroatoms. The molecule has 148 valence electrons. The lowest BCUT2D eigenvalue weighted by Crippen LogP contribution is -2.32. The smallest absolute Gasteiger partial charge is 0.329 e. The van der Waals surface area contributed by atoms with E-state index in [-0.39, 0.29) is 18.4 Å². The van der Waals surface area contributed by atoms with Gasteiger partial charge in [-0.1, -0.05) is 70.4 Å². The first-order chi connectivity index (χ1) is 12.9. The molecule has 27 heavy (non-hydrogen) atoms. The van der Waals surface area contributed by atoms with Crippen molar-refractivity contribution in [3.8, 4) is 0 Å². The number of nitrogens with zero attached hydrogens (tertiary/aromatic N) is 1. The molecule has 1 aliphatic heterocycles. The zero-order valence-corrected chi connectivity index (χ0v) is 16.4. The standard InChI is InChI=1S/C18H24N2O2.C3H6O2/c1-3-5-9-14(4-2)13-20-16(17(21)19-18(20)22)12-15-10-7-6-8-11-15;1-2-3(4)5/h6-8,10-12,14H,3-5,9,13H2,1-2H3,(H,19,21,22);2H2,1H3,(H,4,5). The van der Waals surface area contributed by atoms with Crippen LogP contribution in [-0.4, -0.2) is 34.5 Å². The van der Waals surface area contributed by atoms with Gasteiger partial charge in [-0.15, -0.1) is 0 Å². The number of aliphatic carboxylic acids is 1. The summed E-state index contributed by atoms with van der Waals surface area (Å²) in [4.78, 5) is 35.1. The van der Waals surface area contributed by atoms with Gasteiger partial charge in [-0.05, 0) is 24.0 Å². The van der Waals surface area contributed by atoms with Gasteiger partial charge in [0, 0.05) is 13.0 Å². The van der Waals surface area contributed by atoms with Crippen LogP contribution in [-0.2, 0) is 9.59 Å². The average Bonchev–Trinajstić information content (AvgIpc) is 2.93. The number of carbonyl (C=O) groups is 3. The highest BCUT2D eigenvalue weighted by Gasteiger charge is 2.33. The summed E-state index contributed by atoms with van der Waals surface area (Å²) in [6.45, 7) is 6.51. The molecule has 1 atom stereocenters. The van der Waals surface area contributed by atoms with Gasteiger partial charge in [0.2, 0.25) is 0 Å². The zero-order valence-electron chi connectivity index (χ0n) is 16.4. The van der Waals surface area contributed by atoms with Gasteiger partial charge >= 0.3 is 12.0 Å². The Labute approximate surface area is 161 Å². The van der Waals surface area contributed by atoms with E-state index in [4.69, 9.17) is 5.11 Å². The molecule has 0 bridgehead atoms. The number of carbonyl (C=O) groups excluding carboxylic acids is 2. The molecular weight excluding hydrogens is 344 g/mol. The molecule has 3 amide bonds. The summed E-state index contributed by atoms with van der Waals surface area (Å²) in [5, 5.41) is 10.1. The zero-order chi connectivity index (χ0) is 20.2. The third-order valence-electron chi connectivity index (χ3n) is 4.38. The molecule has 0 spiro atoms. The molecule has 1 aliphatic rings. The summed E-state index contributed by atoms with van der Waals surface area (Å²) in [7, 11) is 0. The molecule has 1 fully saturated rings. The first kappa shape index (κ1) is 22.4. The molecule has 1 unspecified atom stereocenters. The largest absolute Gasteiger partial charge is 0.481 e. The number of hydrogen-bond acceptors (Lipinski definition) is 3. The number of amides is 3.